The lowest BCUT2D eigenvalue weighted by Gasteiger charge is -2.36. The highest BCUT2D eigenvalue weighted by Gasteiger charge is 2.40. The van der Waals surface area contributed by atoms with Crippen molar-refractivity contribution in [3.63, 3.8) is 0 Å². The molecule has 7 nitrogen and oxygen atoms in total. The highest BCUT2D eigenvalue weighted by Crippen LogP contribution is 2.32. The fraction of sp³-hybridized carbons (Fsp3) is 0.636. The van der Waals surface area contributed by atoms with E-state index in [2.05, 4.69) is 21.2 Å². The smallest absolute Gasteiger partial charge is 0.328 e. The molecule has 0 saturated heterocycles. The molecule has 0 aromatic heterocycles. The number of carbonyl (C=O) groups is 2. The second kappa shape index (κ2) is 13.0. The molecule has 0 spiro atoms. The first-order valence-electron chi connectivity index (χ1n) is 10.6. The van der Waals surface area contributed by atoms with Gasteiger partial charge in [-0.25, -0.2) is 4.79 Å². The zero-order chi connectivity index (χ0) is 21.9. The molecule has 2 rings (SSSR count). The van der Waals surface area contributed by atoms with E-state index in [0.717, 1.165) is 18.4 Å². The van der Waals surface area contributed by atoms with Gasteiger partial charge in [-0.05, 0) is 38.3 Å². The predicted octanol–water partition coefficient (Wildman–Crippen LogP) is 1.94. The largest absolute Gasteiger partial charge is 0.464 e. The van der Waals surface area contributed by atoms with Crippen LogP contribution in [0.1, 0.15) is 38.2 Å². The minimum Gasteiger partial charge on any atom is -0.464 e. The van der Waals surface area contributed by atoms with Crippen molar-refractivity contribution in [2.45, 2.75) is 62.1 Å². The Kier molecular flexibility index (Phi) is 10.8. The van der Waals surface area contributed by atoms with Crippen LogP contribution in [0.4, 0.5) is 0 Å². The summed E-state index contributed by atoms with van der Waals surface area (Å²) in [6, 6.07) is 8.65. The van der Waals surface area contributed by atoms with E-state index in [-0.39, 0.29) is 23.4 Å². The second-order valence-corrected chi connectivity index (χ2v) is 8.75. The van der Waals surface area contributed by atoms with Gasteiger partial charge in [0.2, 0.25) is 5.91 Å². The number of aliphatic hydroxyl groups excluding tert-OH is 1. The lowest BCUT2D eigenvalue weighted by Crippen LogP contribution is -2.51. The van der Waals surface area contributed by atoms with Crippen molar-refractivity contribution in [1.82, 2.24) is 5.32 Å². The molecule has 0 bridgehead atoms. The molecule has 1 aromatic rings. The summed E-state index contributed by atoms with van der Waals surface area (Å²) in [4.78, 5) is 25.3. The number of hydrogen-bond acceptors (Lipinski definition) is 6. The zero-order valence-electron chi connectivity index (χ0n) is 17.5. The van der Waals surface area contributed by atoms with Crippen LogP contribution in [-0.2, 0) is 25.5 Å². The van der Waals surface area contributed by atoms with Crippen LogP contribution in [0.3, 0.4) is 0 Å². The van der Waals surface area contributed by atoms with Crippen LogP contribution in [0.15, 0.2) is 30.3 Å². The third-order valence-corrected chi connectivity index (χ3v) is 6.22. The lowest BCUT2D eigenvalue weighted by atomic mass is 9.83. The molecule has 1 aliphatic carbocycles. The van der Waals surface area contributed by atoms with Gasteiger partial charge in [-0.15, -0.1) is 0 Å². The Morgan fingerprint density at radius 3 is 2.67 bits per heavy atom. The molecule has 4 N–H and O–H groups in total. The van der Waals surface area contributed by atoms with E-state index in [1.54, 1.807) is 6.92 Å². The second-order valence-electron chi connectivity index (χ2n) is 7.57. The molecule has 1 aromatic carbocycles. The van der Waals surface area contributed by atoms with Gasteiger partial charge in [0.05, 0.1) is 24.7 Å². The lowest BCUT2D eigenvalue weighted by molar-refractivity contribution is -0.149. The highest BCUT2D eigenvalue weighted by atomic mass is 79.9. The molecule has 1 amide bonds. The summed E-state index contributed by atoms with van der Waals surface area (Å²) in [6.07, 6.45) is 1.88. The van der Waals surface area contributed by atoms with Gasteiger partial charge in [0.25, 0.3) is 0 Å². The minimum atomic E-state index is -0.835. The van der Waals surface area contributed by atoms with E-state index in [4.69, 9.17) is 15.2 Å². The normalized spacial score (nSPS) is 24.8. The molecule has 0 radical (unpaired) electrons. The number of rotatable bonds is 11. The summed E-state index contributed by atoms with van der Waals surface area (Å²) in [5.74, 6) is -1.44. The third kappa shape index (κ3) is 7.65. The Morgan fingerprint density at radius 2 is 2.00 bits per heavy atom. The first kappa shape index (κ1) is 24.8. The summed E-state index contributed by atoms with van der Waals surface area (Å²) < 4.78 is 11.0. The van der Waals surface area contributed by atoms with Gasteiger partial charge >= 0.3 is 5.97 Å². The summed E-state index contributed by atoms with van der Waals surface area (Å²) in [5.41, 5.74) is 6.42. The van der Waals surface area contributed by atoms with Gasteiger partial charge < -0.3 is 25.6 Å². The van der Waals surface area contributed by atoms with Gasteiger partial charge in [-0.2, -0.15) is 0 Å². The number of aliphatic hydroxyl groups is 1. The fourth-order valence-corrected chi connectivity index (χ4v) is 4.37. The molecular formula is C22H33BrN2O5. The molecule has 168 valence electrons. The summed E-state index contributed by atoms with van der Waals surface area (Å²) >= 11 is 3.60. The quantitative estimate of drug-likeness (QED) is 0.251. The van der Waals surface area contributed by atoms with Gasteiger partial charge in [-0.3, -0.25) is 4.79 Å². The number of alkyl halides is 1. The number of halogens is 1. The van der Waals surface area contributed by atoms with Crippen LogP contribution < -0.4 is 11.1 Å². The minimum absolute atomic E-state index is 0.0512. The van der Waals surface area contributed by atoms with Crippen LogP contribution in [0.5, 0.6) is 0 Å². The molecule has 8 heteroatoms. The average molecular weight is 485 g/mol. The molecule has 1 aliphatic rings. The molecule has 5 atom stereocenters. The van der Waals surface area contributed by atoms with Crippen LogP contribution in [0.25, 0.3) is 0 Å². The number of unbranched alkanes of at least 4 members (excludes halogenated alkanes) is 1. The predicted molar refractivity (Wildman–Crippen MR) is 118 cm³/mol. The van der Waals surface area contributed by atoms with E-state index in [9.17, 15) is 14.7 Å². The number of carbonyl (C=O) groups excluding carboxylic acids is 2. The number of amides is 1. The first-order chi connectivity index (χ1) is 14.5. The Balaban J connectivity index is 1.96. The summed E-state index contributed by atoms with van der Waals surface area (Å²) in [6.45, 7) is 3.17. The Morgan fingerprint density at radius 1 is 1.27 bits per heavy atom. The van der Waals surface area contributed by atoms with Crippen molar-refractivity contribution >= 4 is 27.8 Å². The van der Waals surface area contributed by atoms with Crippen molar-refractivity contribution in [2.75, 3.05) is 19.8 Å². The van der Waals surface area contributed by atoms with Crippen LogP contribution in [-0.4, -0.2) is 59.8 Å². The van der Waals surface area contributed by atoms with Crippen molar-refractivity contribution < 1.29 is 24.2 Å². The van der Waals surface area contributed by atoms with Crippen molar-refractivity contribution in [3.8, 4) is 0 Å². The van der Waals surface area contributed by atoms with Crippen LogP contribution in [0, 0.1) is 5.92 Å². The van der Waals surface area contributed by atoms with Crippen LogP contribution >= 0.6 is 15.9 Å². The van der Waals surface area contributed by atoms with Crippen LogP contribution in [0.2, 0.25) is 0 Å². The third-order valence-electron chi connectivity index (χ3n) is 5.26. The van der Waals surface area contributed by atoms with E-state index < -0.39 is 24.0 Å². The van der Waals surface area contributed by atoms with E-state index in [1.165, 1.54) is 0 Å². The maximum absolute atomic E-state index is 12.9. The van der Waals surface area contributed by atoms with Gasteiger partial charge in [-0.1, -0.05) is 46.3 Å². The Labute approximate surface area is 186 Å². The number of nitrogens with two attached hydrogens (primary N) is 1. The molecule has 0 aliphatic heterocycles. The number of hydrogen-bond donors (Lipinski definition) is 3. The summed E-state index contributed by atoms with van der Waals surface area (Å²) in [7, 11) is 0. The molecule has 1 saturated carbocycles. The van der Waals surface area contributed by atoms with Gasteiger partial charge in [0, 0.05) is 24.3 Å². The molecule has 1 fully saturated rings. The maximum Gasteiger partial charge on any atom is 0.328 e. The van der Waals surface area contributed by atoms with Crippen molar-refractivity contribution in [1.29, 1.82) is 0 Å². The molecule has 4 unspecified atom stereocenters. The standard InChI is InChI=1S/C22H33BrN2O5/c1-2-29-22(28)18(12-15-8-4-3-5-9-15)25-21(27)16-13-17(23)20(14-19(16)26)30-11-7-6-10-24/h3-5,8-9,16-20,26H,2,6-7,10-14,24H2,1H3,(H,25,27)/t16?,17?,18-,19?,20?/m1/s1. The summed E-state index contributed by atoms with van der Waals surface area (Å²) in [5, 5.41) is 13.4. The number of benzene rings is 1. The van der Waals surface area contributed by atoms with E-state index in [1.807, 2.05) is 30.3 Å². The first-order valence-corrected chi connectivity index (χ1v) is 11.5. The Hall–Kier alpha value is -1.48. The number of ether oxygens (including phenoxy) is 2. The highest BCUT2D eigenvalue weighted by molar-refractivity contribution is 9.09. The SMILES string of the molecule is CCOC(=O)[C@@H](Cc1ccccc1)NC(=O)C1CC(Br)C(OCCCCN)CC1O. The molecule has 0 heterocycles. The fourth-order valence-electron chi connectivity index (χ4n) is 3.60. The van der Waals surface area contributed by atoms with E-state index in [0.29, 0.717) is 32.4 Å². The van der Waals surface area contributed by atoms with Gasteiger partial charge in [0.1, 0.15) is 6.04 Å². The van der Waals surface area contributed by atoms with Crippen molar-refractivity contribution in [2.24, 2.45) is 11.7 Å². The van der Waals surface area contributed by atoms with Gasteiger partial charge in [0.15, 0.2) is 0 Å². The number of esters is 1. The van der Waals surface area contributed by atoms with E-state index >= 15 is 0 Å². The van der Waals surface area contributed by atoms with Crippen molar-refractivity contribution in [3.05, 3.63) is 35.9 Å². The average Bonchev–Trinajstić information content (AvgIpc) is 2.73. The number of nitrogens with one attached hydrogen (secondary N) is 1. The topological polar surface area (TPSA) is 111 Å². The Bertz CT molecular complexity index is 660. The monoisotopic (exact) mass is 484 g/mol. The maximum atomic E-state index is 12.9. The zero-order valence-corrected chi connectivity index (χ0v) is 19.1. The molecule has 30 heavy (non-hydrogen) atoms. The molecular weight excluding hydrogens is 452 g/mol.